The van der Waals surface area contributed by atoms with E-state index in [1.54, 1.807) is 49.1 Å². The average Bonchev–Trinajstić information content (AvgIpc) is 4.07. The van der Waals surface area contributed by atoms with Crippen LogP contribution in [0.15, 0.2) is 90.3 Å². The zero-order valence-corrected chi connectivity index (χ0v) is 29.0. The van der Waals surface area contributed by atoms with Gasteiger partial charge in [-0.25, -0.2) is 33.1 Å². The summed E-state index contributed by atoms with van der Waals surface area (Å²) in [5.41, 5.74) is 5.06. The van der Waals surface area contributed by atoms with Gasteiger partial charge in [0.05, 0.1) is 28.1 Å². The lowest BCUT2D eigenvalue weighted by atomic mass is 10.2. The summed E-state index contributed by atoms with van der Waals surface area (Å²) in [7, 11) is -3.55. The molecule has 0 radical (unpaired) electrons. The minimum Gasteiger partial charge on any atom is -0.318 e. The van der Waals surface area contributed by atoms with Gasteiger partial charge < -0.3 is 20.4 Å². The summed E-state index contributed by atoms with van der Waals surface area (Å²) in [5, 5.41) is 5.95. The van der Waals surface area contributed by atoms with Crippen molar-refractivity contribution < 1.29 is 22.8 Å². The number of aryl methyl sites for hydroxylation is 2. The van der Waals surface area contributed by atoms with Gasteiger partial charge in [-0.2, -0.15) is 0 Å². The van der Waals surface area contributed by atoms with Crippen LogP contribution in [0.4, 0.5) is 34.6 Å². The maximum absolute atomic E-state index is 12.4. The third kappa shape index (κ3) is 5.98. The number of carbonyl (C=O) groups excluding carboxylic acids is 3. The first-order valence-corrected chi connectivity index (χ1v) is 18.3. The lowest BCUT2D eigenvalue weighted by Gasteiger charge is -2.23. The molecule has 4 aromatic heterocycles. The molecule has 3 N–H and O–H groups in total. The van der Waals surface area contributed by atoms with E-state index in [1.807, 2.05) is 42.8 Å². The third-order valence-electron chi connectivity index (χ3n) is 9.20. The van der Waals surface area contributed by atoms with Crippen molar-refractivity contribution in [2.45, 2.75) is 56.5 Å². The Balaban J connectivity index is 0.000000116. The molecule has 0 bridgehead atoms. The lowest BCUT2D eigenvalue weighted by Crippen LogP contribution is -2.22. The van der Waals surface area contributed by atoms with Crippen LogP contribution in [0.1, 0.15) is 67.9 Å². The number of hydrogen-bond acceptors (Lipinski definition) is 11. The number of pyridine rings is 4. The number of anilines is 6. The highest BCUT2D eigenvalue weighted by molar-refractivity contribution is 7.90. The first-order chi connectivity index (χ1) is 25.1. The molecule has 0 atom stereocenters. The normalized spacial score (nSPS) is 17.4. The van der Waals surface area contributed by atoms with Crippen LogP contribution >= 0.6 is 0 Å². The fourth-order valence-electron chi connectivity index (χ4n) is 6.33. The molecule has 2 fully saturated rings. The summed E-state index contributed by atoms with van der Waals surface area (Å²) >= 11 is 0. The maximum atomic E-state index is 12.4. The maximum Gasteiger partial charge on any atom is 0.266 e. The molecule has 1 aromatic carbocycles. The van der Waals surface area contributed by atoms with E-state index in [2.05, 4.69) is 40.4 Å². The van der Waals surface area contributed by atoms with Crippen LogP contribution in [0, 0.1) is 13.8 Å². The molecule has 262 valence electrons. The Labute approximate surface area is 299 Å². The fourth-order valence-corrected chi connectivity index (χ4v) is 7.51. The van der Waals surface area contributed by atoms with Crippen molar-refractivity contribution in [2.75, 3.05) is 20.4 Å². The number of hydrogen-bond donors (Lipinski definition) is 3. The van der Waals surface area contributed by atoms with Crippen LogP contribution in [0.5, 0.6) is 0 Å². The summed E-state index contributed by atoms with van der Waals surface area (Å²) in [6.07, 6.45) is 11.5. The Kier molecular flexibility index (Phi) is 8.13. The summed E-state index contributed by atoms with van der Waals surface area (Å²) < 4.78 is 24.2. The lowest BCUT2D eigenvalue weighted by molar-refractivity contribution is 0.0982. The predicted molar refractivity (Wildman–Crippen MR) is 194 cm³/mol. The number of fused-ring (bicyclic) bond motifs is 5. The molecule has 5 aliphatic rings. The molecular weight excluding hydrogens is 683 g/mol. The van der Waals surface area contributed by atoms with E-state index >= 15 is 0 Å². The number of carbonyl (C=O) groups is 3. The second-order valence-electron chi connectivity index (χ2n) is 12.9. The SMILES string of the molecule is Cc1ccnc2c1NC(=O)c1cccnc1N2C1CC1.Cc1ccnc2c1NC(=O)c1cccnc1N2C1CC1.O=C1NS(=O)(=O)c2ccccc21. The Bertz CT molecular complexity index is 2270. The second-order valence-corrected chi connectivity index (χ2v) is 14.6. The largest absolute Gasteiger partial charge is 0.318 e. The predicted octanol–water partition coefficient (Wildman–Crippen LogP) is 5.42. The van der Waals surface area contributed by atoms with Gasteiger partial charge in [-0.1, -0.05) is 12.1 Å². The highest BCUT2D eigenvalue weighted by atomic mass is 32.2. The quantitative estimate of drug-likeness (QED) is 0.212. The molecule has 52 heavy (non-hydrogen) atoms. The van der Waals surface area contributed by atoms with Crippen molar-refractivity contribution in [3.63, 3.8) is 0 Å². The van der Waals surface area contributed by atoms with Crippen molar-refractivity contribution in [2.24, 2.45) is 0 Å². The van der Waals surface area contributed by atoms with Gasteiger partial charge in [0.2, 0.25) is 0 Å². The Hall–Kier alpha value is -6.22. The van der Waals surface area contributed by atoms with Crippen LogP contribution in [-0.4, -0.2) is 58.2 Å². The molecule has 3 amide bonds. The average molecular weight is 716 g/mol. The summed E-state index contributed by atoms with van der Waals surface area (Å²) in [6.45, 7) is 3.96. The minimum absolute atomic E-state index is 0.0648. The molecule has 2 saturated carbocycles. The third-order valence-corrected chi connectivity index (χ3v) is 10.6. The molecule has 0 unspecified atom stereocenters. The van der Waals surface area contributed by atoms with Crippen molar-refractivity contribution in [1.82, 2.24) is 24.7 Å². The van der Waals surface area contributed by atoms with Gasteiger partial charge in [0.15, 0.2) is 11.6 Å². The molecule has 10 rings (SSSR count). The van der Waals surface area contributed by atoms with Gasteiger partial charge in [0.25, 0.3) is 27.7 Å². The molecule has 2 aliphatic carbocycles. The van der Waals surface area contributed by atoms with E-state index in [0.29, 0.717) is 34.8 Å². The van der Waals surface area contributed by atoms with E-state index in [9.17, 15) is 22.8 Å². The molecule has 15 heteroatoms. The molecule has 14 nitrogen and oxygen atoms in total. The van der Waals surface area contributed by atoms with Crippen molar-refractivity contribution in [3.8, 4) is 0 Å². The smallest absolute Gasteiger partial charge is 0.266 e. The number of sulfonamides is 1. The first kappa shape index (κ1) is 33.0. The number of nitrogens with zero attached hydrogens (tertiary/aromatic N) is 6. The van der Waals surface area contributed by atoms with Crippen LogP contribution in [0.3, 0.4) is 0 Å². The molecule has 5 aromatic rings. The first-order valence-electron chi connectivity index (χ1n) is 16.8. The number of benzene rings is 1. The van der Waals surface area contributed by atoms with Gasteiger partial charge >= 0.3 is 0 Å². The molecule has 0 saturated heterocycles. The summed E-state index contributed by atoms with van der Waals surface area (Å²) in [4.78, 5) is 57.9. The fraction of sp³-hybridized carbons (Fsp3) is 0.216. The summed E-state index contributed by atoms with van der Waals surface area (Å²) in [6, 6.07) is 17.9. The molecule has 3 aliphatic heterocycles. The second kappa shape index (κ2) is 12.8. The standard InChI is InChI=1S/2C15H14N4O.C7H5NO3S/c2*1-9-6-8-17-14-12(9)18-15(20)11-3-2-7-16-13(11)19(14)10-4-5-10;9-7-5-3-1-2-4-6(5)12(10,11)8-7/h2*2-3,6-8,10H,4-5H2,1H3,(H,18,20);1-4H,(H,8,9). The zero-order chi connectivity index (χ0) is 36.1. The van der Waals surface area contributed by atoms with Crippen molar-refractivity contribution in [1.29, 1.82) is 0 Å². The number of nitrogens with one attached hydrogen (secondary N) is 3. The Morgan fingerprint density at radius 1 is 0.558 bits per heavy atom. The van der Waals surface area contributed by atoms with Gasteiger partial charge in [-0.15, -0.1) is 0 Å². The van der Waals surface area contributed by atoms with E-state index < -0.39 is 15.9 Å². The number of rotatable bonds is 2. The Morgan fingerprint density at radius 2 is 1.00 bits per heavy atom. The van der Waals surface area contributed by atoms with Gasteiger partial charge in [0.1, 0.15) is 16.5 Å². The van der Waals surface area contributed by atoms with Gasteiger partial charge in [-0.05, 0) is 99.2 Å². The van der Waals surface area contributed by atoms with Crippen molar-refractivity contribution >= 4 is 62.4 Å². The molecule has 7 heterocycles. The number of aromatic nitrogens is 4. The van der Waals surface area contributed by atoms with E-state index in [4.69, 9.17) is 0 Å². The van der Waals surface area contributed by atoms with E-state index in [-0.39, 0.29) is 22.3 Å². The van der Waals surface area contributed by atoms with Crippen LogP contribution in [0.25, 0.3) is 0 Å². The minimum atomic E-state index is -3.55. The van der Waals surface area contributed by atoms with E-state index in [0.717, 1.165) is 59.8 Å². The van der Waals surface area contributed by atoms with Crippen LogP contribution < -0.4 is 25.2 Å². The number of amides is 3. The highest BCUT2D eigenvalue weighted by Gasteiger charge is 2.39. The Morgan fingerprint density at radius 3 is 1.46 bits per heavy atom. The topological polar surface area (TPSA) is 179 Å². The molecular formula is C37H33N9O5S. The van der Waals surface area contributed by atoms with Gasteiger partial charge in [-0.3, -0.25) is 14.4 Å². The zero-order valence-electron chi connectivity index (χ0n) is 28.2. The summed E-state index contributed by atoms with van der Waals surface area (Å²) in [5.74, 6) is 2.25. The van der Waals surface area contributed by atoms with Crippen LogP contribution in [-0.2, 0) is 10.0 Å². The monoisotopic (exact) mass is 715 g/mol. The van der Waals surface area contributed by atoms with Crippen molar-refractivity contribution in [3.05, 3.63) is 113 Å². The highest BCUT2D eigenvalue weighted by Crippen LogP contribution is 2.45. The van der Waals surface area contributed by atoms with Crippen LogP contribution in [0.2, 0.25) is 0 Å². The van der Waals surface area contributed by atoms with E-state index in [1.165, 1.54) is 12.1 Å². The molecule has 0 spiro atoms. The van der Waals surface area contributed by atoms with Gasteiger partial charge in [0, 0.05) is 36.9 Å².